The summed E-state index contributed by atoms with van der Waals surface area (Å²) in [7, 11) is -3.38. The Morgan fingerprint density at radius 3 is 2.45 bits per heavy atom. The Hall–Kier alpha value is -0.0400. The number of nitrogens with two attached hydrogens (primary N) is 1. The van der Waals surface area contributed by atoms with Crippen LogP contribution in [0.2, 0.25) is 10.0 Å². The minimum Gasteiger partial charge on any atom is -0.328 e. The fourth-order valence-corrected chi connectivity index (χ4v) is 4.82. The van der Waals surface area contributed by atoms with Gasteiger partial charge < -0.3 is 5.73 Å². The molecule has 0 radical (unpaired) electrons. The van der Waals surface area contributed by atoms with Crippen LogP contribution in [0.25, 0.3) is 0 Å². The number of piperidine rings is 1. The highest BCUT2D eigenvalue weighted by molar-refractivity contribution is 7.88. The molecule has 2 unspecified atom stereocenters. The number of benzene rings is 1. The third kappa shape index (κ3) is 5.25. The number of hydrogen-bond acceptors (Lipinski definition) is 3. The largest absolute Gasteiger partial charge is 0.328 e. The molecule has 2 atom stereocenters. The molecule has 0 saturated carbocycles. The molecule has 8 heteroatoms. The summed E-state index contributed by atoms with van der Waals surface area (Å²) in [5, 5.41) is 0.889. The van der Waals surface area contributed by atoms with Crippen molar-refractivity contribution in [2.45, 2.75) is 31.6 Å². The van der Waals surface area contributed by atoms with Crippen LogP contribution in [0.5, 0.6) is 0 Å². The van der Waals surface area contributed by atoms with Gasteiger partial charge in [0.05, 0.1) is 5.75 Å². The van der Waals surface area contributed by atoms with Crippen LogP contribution in [0.15, 0.2) is 18.2 Å². The van der Waals surface area contributed by atoms with Crippen molar-refractivity contribution in [1.82, 2.24) is 4.31 Å². The van der Waals surface area contributed by atoms with Gasteiger partial charge in [-0.3, -0.25) is 0 Å². The van der Waals surface area contributed by atoms with E-state index in [0.29, 0.717) is 28.7 Å². The van der Waals surface area contributed by atoms with E-state index in [1.807, 2.05) is 6.92 Å². The third-order valence-electron chi connectivity index (χ3n) is 3.83. The summed E-state index contributed by atoms with van der Waals surface area (Å²) in [6.07, 6.45) is 1.83. The topological polar surface area (TPSA) is 63.4 Å². The predicted molar refractivity (Wildman–Crippen MR) is 94.3 cm³/mol. The van der Waals surface area contributed by atoms with Crippen molar-refractivity contribution in [2.24, 2.45) is 11.7 Å². The second-order valence-corrected chi connectivity index (χ2v) is 8.50. The highest BCUT2D eigenvalue weighted by atomic mass is 35.5. The first kappa shape index (κ1) is 20.0. The van der Waals surface area contributed by atoms with Crippen molar-refractivity contribution in [3.05, 3.63) is 33.8 Å². The second-order valence-electron chi connectivity index (χ2n) is 5.65. The van der Waals surface area contributed by atoms with E-state index in [1.165, 1.54) is 0 Å². The standard InChI is InChI=1S/C14H20Cl2N2O2S.ClH/c1-10(17)12-3-2-4-18(8-12)21(19,20)9-11-5-13(15)7-14(16)6-11;/h5-7,10,12H,2-4,8-9,17H2,1H3;1H. The lowest BCUT2D eigenvalue weighted by Gasteiger charge is -2.33. The highest BCUT2D eigenvalue weighted by Crippen LogP contribution is 2.25. The van der Waals surface area contributed by atoms with Crippen molar-refractivity contribution in [3.63, 3.8) is 0 Å². The van der Waals surface area contributed by atoms with Crippen molar-refractivity contribution in [2.75, 3.05) is 13.1 Å². The average Bonchev–Trinajstić information content (AvgIpc) is 2.37. The molecule has 0 bridgehead atoms. The maximum Gasteiger partial charge on any atom is 0.218 e. The maximum atomic E-state index is 12.5. The Labute approximate surface area is 148 Å². The number of nitrogens with zero attached hydrogens (tertiary/aromatic N) is 1. The fourth-order valence-electron chi connectivity index (χ4n) is 2.65. The van der Waals surface area contributed by atoms with Gasteiger partial charge in [-0.2, -0.15) is 0 Å². The minimum atomic E-state index is -3.38. The zero-order chi connectivity index (χ0) is 15.6. The van der Waals surface area contributed by atoms with E-state index in [9.17, 15) is 8.42 Å². The van der Waals surface area contributed by atoms with Crippen LogP contribution >= 0.6 is 35.6 Å². The van der Waals surface area contributed by atoms with Crippen molar-refractivity contribution in [3.8, 4) is 0 Å². The van der Waals surface area contributed by atoms with Crippen LogP contribution in [0.4, 0.5) is 0 Å². The van der Waals surface area contributed by atoms with Gasteiger partial charge >= 0.3 is 0 Å². The quantitative estimate of drug-likeness (QED) is 0.862. The van der Waals surface area contributed by atoms with Gasteiger partial charge in [0.15, 0.2) is 0 Å². The van der Waals surface area contributed by atoms with E-state index in [4.69, 9.17) is 28.9 Å². The Kier molecular flexibility index (Phi) is 7.43. The van der Waals surface area contributed by atoms with Gasteiger partial charge in [-0.15, -0.1) is 12.4 Å². The molecule has 0 aliphatic carbocycles. The van der Waals surface area contributed by atoms with Gasteiger partial charge in [-0.05, 0) is 49.4 Å². The molecular weight excluding hydrogens is 367 g/mol. The fraction of sp³-hybridized carbons (Fsp3) is 0.571. The minimum absolute atomic E-state index is 0. The van der Waals surface area contributed by atoms with E-state index in [2.05, 4.69) is 0 Å². The van der Waals surface area contributed by atoms with Gasteiger partial charge in [0, 0.05) is 29.2 Å². The Morgan fingerprint density at radius 1 is 1.32 bits per heavy atom. The summed E-state index contributed by atoms with van der Waals surface area (Å²) in [6.45, 7) is 2.98. The summed E-state index contributed by atoms with van der Waals surface area (Å²) in [6, 6.07) is 4.87. The van der Waals surface area contributed by atoms with Crippen LogP contribution in [0, 0.1) is 5.92 Å². The molecule has 22 heavy (non-hydrogen) atoms. The van der Waals surface area contributed by atoms with Gasteiger partial charge in [-0.25, -0.2) is 12.7 Å². The number of sulfonamides is 1. The lowest BCUT2D eigenvalue weighted by Crippen LogP contribution is -2.45. The smallest absolute Gasteiger partial charge is 0.218 e. The van der Waals surface area contributed by atoms with Gasteiger partial charge in [0.1, 0.15) is 0 Å². The van der Waals surface area contributed by atoms with Crippen molar-refractivity contribution >= 4 is 45.6 Å². The van der Waals surface area contributed by atoms with Gasteiger partial charge in [-0.1, -0.05) is 23.2 Å². The molecule has 2 N–H and O–H groups in total. The highest BCUT2D eigenvalue weighted by Gasteiger charge is 2.30. The van der Waals surface area contributed by atoms with Crippen LogP contribution in [-0.4, -0.2) is 31.9 Å². The average molecular weight is 388 g/mol. The molecule has 1 saturated heterocycles. The van der Waals surface area contributed by atoms with E-state index in [-0.39, 0.29) is 30.1 Å². The van der Waals surface area contributed by atoms with Crippen LogP contribution in [0.3, 0.4) is 0 Å². The lowest BCUT2D eigenvalue weighted by molar-refractivity contribution is 0.243. The first-order valence-electron chi connectivity index (χ1n) is 6.96. The molecule has 0 aromatic heterocycles. The number of hydrogen-bond donors (Lipinski definition) is 1. The molecule has 126 valence electrons. The SMILES string of the molecule is CC(N)C1CCCN(S(=O)(=O)Cc2cc(Cl)cc(Cl)c2)C1.Cl. The first-order valence-corrected chi connectivity index (χ1v) is 9.33. The Bertz CT molecular complexity index is 588. The zero-order valence-corrected chi connectivity index (χ0v) is 15.5. The van der Waals surface area contributed by atoms with Gasteiger partial charge in [0.25, 0.3) is 0 Å². The summed E-state index contributed by atoms with van der Waals surface area (Å²) in [5.74, 6) is 0.135. The van der Waals surface area contributed by atoms with E-state index >= 15 is 0 Å². The number of halogens is 3. The first-order chi connectivity index (χ1) is 9.78. The molecule has 0 spiro atoms. The molecule has 1 aromatic rings. The third-order valence-corrected chi connectivity index (χ3v) is 6.08. The summed E-state index contributed by atoms with van der Waals surface area (Å²) in [4.78, 5) is 0. The summed E-state index contributed by atoms with van der Waals surface area (Å²) in [5.41, 5.74) is 6.52. The molecule has 1 fully saturated rings. The van der Waals surface area contributed by atoms with Crippen molar-refractivity contribution < 1.29 is 8.42 Å². The molecule has 0 amide bonds. The maximum absolute atomic E-state index is 12.5. The normalized spacial score (nSPS) is 21.2. The number of rotatable bonds is 4. The van der Waals surface area contributed by atoms with Gasteiger partial charge in [0.2, 0.25) is 10.0 Å². The van der Waals surface area contributed by atoms with Crippen LogP contribution < -0.4 is 5.73 Å². The van der Waals surface area contributed by atoms with E-state index in [0.717, 1.165) is 12.8 Å². The Balaban J connectivity index is 0.00000242. The summed E-state index contributed by atoms with van der Waals surface area (Å²) < 4.78 is 26.6. The molecule has 1 heterocycles. The molecular formula is C14H21Cl3N2O2S. The monoisotopic (exact) mass is 386 g/mol. The van der Waals surface area contributed by atoms with Crippen LogP contribution in [0.1, 0.15) is 25.3 Å². The predicted octanol–water partition coefficient (Wildman–Crippen LogP) is 3.30. The second kappa shape index (κ2) is 8.18. The molecule has 1 aromatic carbocycles. The molecule has 2 rings (SSSR count). The van der Waals surface area contributed by atoms with E-state index < -0.39 is 10.0 Å². The van der Waals surface area contributed by atoms with Crippen molar-refractivity contribution in [1.29, 1.82) is 0 Å². The molecule has 4 nitrogen and oxygen atoms in total. The van der Waals surface area contributed by atoms with E-state index in [1.54, 1.807) is 22.5 Å². The Morgan fingerprint density at radius 2 is 1.91 bits per heavy atom. The summed E-state index contributed by atoms with van der Waals surface area (Å²) >= 11 is 11.8. The lowest BCUT2D eigenvalue weighted by atomic mass is 9.93. The molecule has 1 aliphatic rings. The zero-order valence-electron chi connectivity index (χ0n) is 12.3. The molecule has 1 aliphatic heterocycles. The van der Waals surface area contributed by atoms with Crippen LogP contribution in [-0.2, 0) is 15.8 Å².